The van der Waals surface area contributed by atoms with Crippen LogP contribution in [0.15, 0.2) is 60.8 Å². The zero-order valence-electron chi connectivity index (χ0n) is 50.4. The Kier molecular flexibility index (Phi) is 51.1. The predicted octanol–water partition coefficient (Wildman–Crippen LogP) is 17.1. The zero-order valence-corrected chi connectivity index (χ0v) is 50.4. The van der Waals surface area contributed by atoms with E-state index in [1.54, 1.807) is 0 Å². The lowest BCUT2D eigenvalue weighted by molar-refractivity contribution is -0.301. The molecule has 1 rings (SSSR count). The van der Waals surface area contributed by atoms with Crippen LogP contribution in [0.1, 0.15) is 290 Å². The number of esters is 3. The SMILES string of the molecule is CC/C=C\C/C=C\C/C=C\C/C=C\C/C=C\CCCCCC(=O)OCC(COC1OC(C(=O)O)C(O)C(O)C1OC(=O)CCCCCCCCCCCCCCCCCCC)OC(=O)CCCCCCCCCCCCCCC. The average Bonchev–Trinajstić information content (AvgIpc) is 3.47. The van der Waals surface area contributed by atoms with E-state index in [1.165, 1.54) is 135 Å². The molecule has 6 unspecified atom stereocenters. The minimum Gasteiger partial charge on any atom is -0.479 e. The molecule has 1 aliphatic rings. The van der Waals surface area contributed by atoms with E-state index < -0.39 is 67.3 Å². The molecular formula is C67H116O12. The second-order valence-corrected chi connectivity index (χ2v) is 22.0. The Balaban J connectivity index is 2.66. The Morgan fingerprint density at radius 1 is 0.430 bits per heavy atom. The Bertz CT molecular complexity index is 1600. The van der Waals surface area contributed by atoms with Crippen LogP contribution in [0.5, 0.6) is 0 Å². The minimum absolute atomic E-state index is 0.0613. The summed E-state index contributed by atoms with van der Waals surface area (Å²) in [6.07, 6.45) is 56.1. The van der Waals surface area contributed by atoms with Crippen LogP contribution in [-0.4, -0.2) is 89.2 Å². The van der Waals surface area contributed by atoms with Crippen LogP contribution in [-0.2, 0) is 42.9 Å². The molecule has 0 spiro atoms. The first kappa shape index (κ1) is 73.4. The van der Waals surface area contributed by atoms with Crippen molar-refractivity contribution >= 4 is 23.9 Å². The largest absolute Gasteiger partial charge is 0.479 e. The van der Waals surface area contributed by atoms with Gasteiger partial charge in [0, 0.05) is 19.3 Å². The molecule has 1 heterocycles. The molecule has 1 saturated heterocycles. The number of ether oxygens (including phenoxy) is 5. The van der Waals surface area contributed by atoms with Crippen molar-refractivity contribution in [2.45, 2.75) is 327 Å². The van der Waals surface area contributed by atoms with Crippen molar-refractivity contribution in [2.75, 3.05) is 13.2 Å². The highest BCUT2D eigenvalue weighted by Gasteiger charge is 2.50. The van der Waals surface area contributed by atoms with Gasteiger partial charge in [-0.15, -0.1) is 0 Å². The number of carboxylic acid groups (broad SMARTS) is 1. The summed E-state index contributed by atoms with van der Waals surface area (Å²) >= 11 is 0. The van der Waals surface area contributed by atoms with Crippen molar-refractivity contribution in [1.82, 2.24) is 0 Å². The quantitative estimate of drug-likeness (QED) is 0.0228. The molecule has 0 radical (unpaired) electrons. The molecule has 0 saturated carbocycles. The lowest BCUT2D eigenvalue weighted by Gasteiger charge is -2.40. The maximum absolute atomic E-state index is 13.2. The third kappa shape index (κ3) is 44.7. The van der Waals surface area contributed by atoms with Gasteiger partial charge in [0.05, 0.1) is 6.61 Å². The fraction of sp³-hybridized carbons (Fsp3) is 0.791. The summed E-state index contributed by atoms with van der Waals surface area (Å²) in [6, 6.07) is 0. The molecule has 1 fully saturated rings. The van der Waals surface area contributed by atoms with Gasteiger partial charge in [-0.3, -0.25) is 14.4 Å². The van der Waals surface area contributed by atoms with Gasteiger partial charge in [0.1, 0.15) is 18.8 Å². The number of allylic oxidation sites excluding steroid dienone is 10. The highest BCUT2D eigenvalue weighted by atomic mass is 16.7. The van der Waals surface area contributed by atoms with Gasteiger partial charge < -0.3 is 39.0 Å². The Morgan fingerprint density at radius 3 is 1.22 bits per heavy atom. The summed E-state index contributed by atoms with van der Waals surface area (Å²) in [5.74, 6) is -3.14. The summed E-state index contributed by atoms with van der Waals surface area (Å²) in [4.78, 5) is 51.3. The van der Waals surface area contributed by atoms with Crippen LogP contribution >= 0.6 is 0 Å². The molecule has 456 valence electrons. The smallest absolute Gasteiger partial charge is 0.335 e. The van der Waals surface area contributed by atoms with E-state index in [0.717, 1.165) is 96.3 Å². The minimum atomic E-state index is -1.91. The van der Waals surface area contributed by atoms with E-state index in [1.807, 2.05) is 0 Å². The van der Waals surface area contributed by atoms with Crippen LogP contribution in [0, 0.1) is 0 Å². The maximum Gasteiger partial charge on any atom is 0.335 e. The number of unbranched alkanes of at least 4 members (excludes halogenated alkanes) is 31. The summed E-state index contributed by atoms with van der Waals surface area (Å²) < 4.78 is 28.5. The Morgan fingerprint density at radius 2 is 0.797 bits per heavy atom. The van der Waals surface area contributed by atoms with Crippen molar-refractivity contribution in [3.63, 3.8) is 0 Å². The predicted molar refractivity (Wildman–Crippen MR) is 322 cm³/mol. The van der Waals surface area contributed by atoms with Gasteiger partial charge in [-0.25, -0.2) is 4.79 Å². The molecule has 79 heavy (non-hydrogen) atoms. The number of carbonyl (C=O) groups is 4. The summed E-state index contributed by atoms with van der Waals surface area (Å²) in [7, 11) is 0. The number of aliphatic hydroxyl groups is 2. The zero-order chi connectivity index (χ0) is 57.5. The fourth-order valence-electron chi connectivity index (χ4n) is 9.69. The van der Waals surface area contributed by atoms with Gasteiger partial charge in [-0.1, -0.05) is 268 Å². The molecule has 0 aromatic carbocycles. The average molecular weight is 1110 g/mol. The number of rotatable bonds is 55. The molecule has 6 atom stereocenters. The van der Waals surface area contributed by atoms with Gasteiger partial charge in [-0.05, 0) is 64.2 Å². The third-order valence-electron chi connectivity index (χ3n) is 14.6. The van der Waals surface area contributed by atoms with Crippen molar-refractivity contribution < 1.29 is 58.2 Å². The molecule has 3 N–H and O–H groups in total. The number of aliphatic carboxylic acids is 1. The van der Waals surface area contributed by atoms with E-state index in [9.17, 15) is 34.5 Å². The monoisotopic (exact) mass is 1110 g/mol. The van der Waals surface area contributed by atoms with Crippen LogP contribution in [0.25, 0.3) is 0 Å². The van der Waals surface area contributed by atoms with E-state index >= 15 is 0 Å². The van der Waals surface area contributed by atoms with E-state index in [2.05, 4.69) is 81.5 Å². The van der Waals surface area contributed by atoms with Gasteiger partial charge in [0.15, 0.2) is 24.6 Å². The van der Waals surface area contributed by atoms with Crippen molar-refractivity contribution in [2.24, 2.45) is 0 Å². The van der Waals surface area contributed by atoms with Crippen LogP contribution < -0.4 is 0 Å². The number of aliphatic hydroxyl groups excluding tert-OH is 2. The lowest BCUT2D eigenvalue weighted by atomic mass is 9.98. The maximum atomic E-state index is 13.2. The summed E-state index contributed by atoms with van der Waals surface area (Å²) in [6.45, 7) is 5.89. The number of carboxylic acids is 1. The molecule has 12 nitrogen and oxygen atoms in total. The standard InChI is InChI=1S/C67H116O12/c1-4-7-10-13-16-19-22-25-27-29-30-32-33-36-38-41-44-47-50-53-59(68)75-56-58(77-60(69)54-51-48-45-42-39-35-24-21-18-15-12-9-6-3)57-76-67-65(63(72)62(71)64(79-67)66(73)74)78-61(70)55-52-49-46-43-40-37-34-31-28-26-23-20-17-14-11-8-5-2/h7,10,16,19,25,27,30,32,36,38,58,62-65,67,71-72H,4-6,8-9,11-15,17-18,20-24,26,28-29,31,33-35,37,39-57H2,1-3H3,(H,73,74)/b10-7-,19-16-,27-25-,32-30-,38-36-. The topological polar surface area (TPSA) is 175 Å². The highest BCUT2D eigenvalue weighted by molar-refractivity contribution is 5.74. The third-order valence-corrected chi connectivity index (χ3v) is 14.6. The normalized spacial score (nSPS) is 18.2. The first-order chi connectivity index (χ1) is 38.6. The molecular weight excluding hydrogens is 997 g/mol. The summed E-state index contributed by atoms with van der Waals surface area (Å²) in [5.41, 5.74) is 0. The molecule has 0 aromatic rings. The van der Waals surface area contributed by atoms with Crippen LogP contribution in [0.2, 0.25) is 0 Å². The van der Waals surface area contributed by atoms with E-state index in [0.29, 0.717) is 19.3 Å². The molecule has 12 heteroatoms. The number of carbonyl (C=O) groups excluding carboxylic acids is 3. The van der Waals surface area contributed by atoms with Crippen LogP contribution in [0.4, 0.5) is 0 Å². The van der Waals surface area contributed by atoms with E-state index in [4.69, 9.17) is 23.7 Å². The number of hydrogen-bond donors (Lipinski definition) is 3. The molecule has 0 aromatic heterocycles. The van der Waals surface area contributed by atoms with Crippen molar-refractivity contribution in [1.29, 1.82) is 0 Å². The Hall–Kier alpha value is -3.58. The van der Waals surface area contributed by atoms with E-state index in [-0.39, 0.29) is 25.9 Å². The second-order valence-electron chi connectivity index (χ2n) is 22.0. The van der Waals surface area contributed by atoms with Crippen LogP contribution in [0.3, 0.4) is 0 Å². The summed E-state index contributed by atoms with van der Waals surface area (Å²) in [5, 5.41) is 31.6. The molecule has 0 amide bonds. The highest BCUT2D eigenvalue weighted by Crippen LogP contribution is 2.27. The van der Waals surface area contributed by atoms with Gasteiger partial charge >= 0.3 is 23.9 Å². The molecule has 0 aliphatic carbocycles. The van der Waals surface area contributed by atoms with Gasteiger partial charge in [-0.2, -0.15) is 0 Å². The molecule has 1 aliphatic heterocycles. The second kappa shape index (κ2) is 55.0. The lowest BCUT2D eigenvalue weighted by Crippen LogP contribution is -2.61. The fourth-order valence-corrected chi connectivity index (χ4v) is 9.69. The first-order valence-corrected chi connectivity index (χ1v) is 32.3. The number of hydrogen-bond acceptors (Lipinski definition) is 11. The van der Waals surface area contributed by atoms with Crippen molar-refractivity contribution in [3.05, 3.63) is 60.8 Å². The van der Waals surface area contributed by atoms with Gasteiger partial charge in [0.25, 0.3) is 0 Å². The molecule has 0 bridgehead atoms. The first-order valence-electron chi connectivity index (χ1n) is 32.3. The van der Waals surface area contributed by atoms with Crippen molar-refractivity contribution in [3.8, 4) is 0 Å². The Labute approximate surface area is 481 Å². The van der Waals surface area contributed by atoms with Gasteiger partial charge in [0.2, 0.25) is 0 Å².